The average molecular weight is 286 g/mol. The van der Waals surface area contributed by atoms with Crippen molar-refractivity contribution >= 4 is 22.4 Å². The SMILES string of the molecule is c1ccc(-c2cc3cnc(Nc4ccncc4)cc3[nH]2)cc1. The average Bonchev–Trinajstić information content (AvgIpc) is 3.00. The number of aromatic amines is 1. The Morgan fingerprint density at radius 2 is 1.73 bits per heavy atom. The van der Waals surface area contributed by atoms with Gasteiger partial charge in [0.2, 0.25) is 0 Å². The van der Waals surface area contributed by atoms with Crippen LogP contribution in [0.25, 0.3) is 22.2 Å². The highest BCUT2D eigenvalue weighted by Crippen LogP contribution is 2.25. The Labute approximate surface area is 127 Å². The summed E-state index contributed by atoms with van der Waals surface area (Å²) in [5.74, 6) is 0.806. The molecule has 2 N–H and O–H groups in total. The first-order chi connectivity index (χ1) is 10.9. The Bertz CT molecular complexity index is 898. The molecule has 22 heavy (non-hydrogen) atoms. The summed E-state index contributed by atoms with van der Waals surface area (Å²) in [5.41, 5.74) is 4.29. The van der Waals surface area contributed by atoms with Crippen LogP contribution in [0, 0.1) is 0 Å². The number of benzene rings is 1. The molecule has 0 aliphatic carbocycles. The van der Waals surface area contributed by atoms with E-state index >= 15 is 0 Å². The summed E-state index contributed by atoms with van der Waals surface area (Å²) in [4.78, 5) is 11.9. The van der Waals surface area contributed by atoms with E-state index < -0.39 is 0 Å². The smallest absolute Gasteiger partial charge is 0.132 e. The summed E-state index contributed by atoms with van der Waals surface area (Å²) >= 11 is 0. The molecule has 4 aromatic rings. The van der Waals surface area contributed by atoms with E-state index in [2.05, 4.69) is 38.5 Å². The van der Waals surface area contributed by atoms with Crippen LogP contribution in [0.5, 0.6) is 0 Å². The van der Waals surface area contributed by atoms with E-state index in [0.717, 1.165) is 28.1 Å². The van der Waals surface area contributed by atoms with Crippen molar-refractivity contribution in [3.8, 4) is 11.3 Å². The molecule has 0 aliphatic heterocycles. The maximum atomic E-state index is 4.46. The molecule has 1 aromatic carbocycles. The summed E-state index contributed by atoms with van der Waals surface area (Å²) in [5, 5.41) is 4.37. The minimum absolute atomic E-state index is 0.806. The molecule has 0 unspecified atom stereocenters. The number of rotatable bonds is 3. The molecule has 4 heteroatoms. The van der Waals surface area contributed by atoms with Gasteiger partial charge in [0.25, 0.3) is 0 Å². The van der Waals surface area contributed by atoms with Crippen LogP contribution < -0.4 is 5.32 Å². The summed E-state index contributed by atoms with van der Waals surface area (Å²) in [7, 11) is 0. The molecule has 0 atom stereocenters. The zero-order valence-corrected chi connectivity index (χ0v) is 11.8. The van der Waals surface area contributed by atoms with Gasteiger partial charge in [0.05, 0.1) is 5.52 Å². The molecule has 0 bridgehead atoms. The molecular weight excluding hydrogens is 272 g/mol. The van der Waals surface area contributed by atoms with Gasteiger partial charge >= 0.3 is 0 Å². The first-order valence-corrected chi connectivity index (χ1v) is 7.10. The van der Waals surface area contributed by atoms with Gasteiger partial charge in [0.1, 0.15) is 5.82 Å². The molecule has 0 radical (unpaired) electrons. The lowest BCUT2D eigenvalue weighted by atomic mass is 10.1. The summed E-state index contributed by atoms with van der Waals surface area (Å²) in [6.07, 6.45) is 5.38. The Kier molecular flexibility index (Phi) is 3.05. The molecule has 0 fully saturated rings. The van der Waals surface area contributed by atoms with Gasteiger partial charge in [0, 0.05) is 41.4 Å². The highest BCUT2D eigenvalue weighted by Gasteiger charge is 2.05. The lowest BCUT2D eigenvalue weighted by molar-refractivity contribution is 1.30. The van der Waals surface area contributed by atoms with Crippen molar-refractivity contribution in [3.05, 3.63) is 73.2 Å². The first kappa shape index (κ1) is 12.6. The molecule has 4 nitrogen and oxygen atoms in total. The highest BCUT2D eigenvalue weighted by atomic mass is 15.0. The van der Waals surface area contributed by atoms with Crippen molar-refractivity contribution in [2.24, 2.45) is 0 Å². The lowest BCUT2D eigenvalue weighted by Crippen LogP contribution is -1.92. The van der Waals surface area contributed by atoms with Crippen LogP contribution in [0.4, 0.5) is 11.5 Å². The maximum absolute atomic E-state index is 4.46. The van der Waals surface area contributed by atoms with E-state index in [9.17, 15) is 0 Å². The van der Waals surface area contributed by atoms with Crippen molar-refractivity contribution in [1.82, 2.24) is 15.0 Å². The van der Waals surface area contributed by atoms with E-state index in [0.29, 0.717) is 0 Å². The van der Waals surface area contributed by atoms with Crippen LogP contribution >= 0.6 is 0 Å². The lowest BCUT2D eigenvalue weighted by Gasteiger charge is -2.04. The minimum atomic E-state index is 0.806. The zero-order chi connectivity index (χ0) is 14.8. The fourth-order valence-corrected chi connectivity index (χ4v) is 2.45. The Morgan fingerprint density at radius 3 is 2.55 bits per heavy atom. The molecule has 3 heterocycles. The third-order valence-corrected chi connectivity index (χ3v) is 3.54. The molecule has 3 aromatic heterocycles. The molecule has 4 rings (SSSR count). The minimum Gasteiger partial charge on any atom is -0.354 e. The summed E-state index contributed by atoms with van der Waals surface area (Å²) in [6, 6.07) is 18.2. The highest BCUT2D eigenvalue weighted by molar-refractivity contribution is 5.87. The number of fused-ring (bicyclic) bond motifs is 1. The van der Waals surface area contributed by atoms with Crippen LogP contribution in [-0.4, -0.2) is 15.0 Å². The molecule has 0 saturated heterocycles. The number of anilines is 2. The van der Waals surface area contributed by atoms with Crippen molar-refractivity contribution in [2.75, 3.05) is 5.32 Å². The summed E-state index contributed by atoms with van der Waals surface area (Å²) < 4.78 is 0. The molecule has 0 saturated carbocycles. The molecular formula is C18H14N4. The van der Waals surface area contributed by atoms with Gasteiger partial charge in [-0.05, 0) is 23.8 Å². The largest absolute Gasteiger partial charge is 0.354 e. The van der Waals surface area contributed by atoms with Crippen LogP contribution in [0.2, 0.25) is 0 Å². The van der Waals surface area contributed by atoms with Crippen LogP contribution in [0.15, 0.2) is 73.2 Å². The quantitative estimate of drug-likeness (QED) is 0.588. The third kappa shape index (κ3) is 2.42. The van der Waals surface area contributed by atoms with Gasteiger partial charge in [-0.2, -0.15) is 0 Å². The number of nitrogens with one attached hydrogen (secondary N) is 2. The van der Waals surface area contributed by atoms with Crippen LogP contribution in [0.1, 0.15) is 0 Å². The Balaban J connectivity index is 1.69. The zero-order valence-electron chi connectivity index (χ0n) is 11.8. The van der Waals surface area contributed by atoms with Crippen LogP contribution in [0.3, 0.4) is 0 Å². The predicted octanol–water partition coefficient (Wildman–Crippen LogP) is 4.37. The fourth-order valence-electron chi connectivity index (χ4n) is 2.45. The maximum Gasteiger partial charge on any atom is 0.132 e. The van der Waals surface area contributed by atoms with Gasteiger partial charge in [-0.1, -0.05) is 30.3 Å². The number of aromatic nitrogens is 3. The number of pyridine rings is 2. The number of hydrogen-bond acceptors (Lipinski definition) is 3. The second-order valence-corrected chi connectivity index (χ2v) is 5.07. The van der Waals surface area contributed by atoms with E-state index in [-0.39, 0.29) is 0 Å². The second-order valence-electron chi connectivity index (χ2n) is 5.07. The Hall–Kier alpha value is -3.14. The normalized spacial score (nSPS) is 10.7. The number of H-pyrrole nitrogens is 1. The van der Waals surface area contributed by atoms with Gasteiger partial charge in [-0.3, -0.25) is 4.98 Å². The van der Waals surface area contributed by atoms with Crippen molar-refractivity contribution < 1.29 is 0 Å². The van der Waals surface area contributed by atoms with E-state index in [4.69, 9.17) is 0 Å². The van der Waals surface area contributed by atoms with Gasteiger partial charge in [0.15, 0.2) is 0 Å². The summed E-state index contributed by atoms with van der Waals surface area (Å²) in [6.45, 7) is 0. The predicted molar refractivity (Wildman–Crippen MR) is 89.0 cm³/mol. The van der Waals surface area contributed by atoms with Gasteiger partial charge in [-0.25, -0.2) is 4.98 Å². The first-order valence-electron chi connectivity index (χ1n) is 7.10. The molecule has 0 aliphatic rings. The topological polar surface area (TPSA) is 53.6 Å². The van der Waals surface area contributed by atoms with E-state index in [1.54, 1.807) is 12.4 Å². The number of hydrogen-bond donors (Lipinski definition) is 2. The molecule has 106 valence electrons. The van der Waals surface area contributed by atoms with Gasteiger partial charge in [-0.15, -0.1) is 0 Å². The molecule has 0 amide bonds. The monoisotopic (exact) mass is 286 g/mol. The molecule has 0 spiro atoms. The van der Waals surface area contributed by atoms with Crippen molar-refractivity contribution in [1.29, 1.82) is 0 Å². The van der Waals surface area contributed by atoms with Crippen molar-refractivity contribution in [3.63, 3.8) is 0 Å². The fraction of sp³-hybridized carbons (Fsp3) is 0. The third-order valence-electron chi connectivity index (χ3n) is 3.54. The van der Waals surface area contributed by atoms with Gasteiger partial charge < -0.3 is 10.3 Å². The van der Waals surface area contributed by atoms with E-state index in [1.165, 1.54) is 5.56 Å². The van der Waals surface area contributed by atoms with Crippen molar-refractivity contribution in [2.45, 2.75) is 0 Å². The second kappa shape index (κ2) is 5.33. The standard InChI is InChI=1S/C18H14N4/c1-2-4-13(5-3-1)16-10-14-12-20-18(11-17(14)22-16)21-15-6-8-19-9-7-15/h1-12,22H,(H,19,20,21). The Morgan fingerprint density at radius 1 is 0.909 bits per heavy atom. The van der Waals surface area contributed by atoms with Crippen LogP contribution in [-0.2, 0) is 0 Å². The number of nitrogens with zero attached hydrogens (tertiary/aromatic N) is 2. The van der Waals surface area contributed by atoms with E-state index in [1.807, 2.05) is 42.6 Å².